The molecule has 6 nitrogen and oxygen atoms in total. The van der Waals surface area contributed by atoms with Gasteiger partial charge in [-0.25, -0.2) is 0 Å². The number of carboxylic acids is 1. The van der Waals surface area contributed by atoms with Crippen LogP contribution in [0.2, 0.25) is 0 Å². The van der Waals surface area contributed by atoms with Crippen molar-refractivity contribution in [3.63, 3.8) is 0 Å². The second-order valence-electron chi connectivity index (χ2n) is 5.81. The van der Waals surface area contributed by atoms with E-state index in [-0.39, 0.29) is 17.7 Å². The molecule has 1 aromatic rings. The van der Waals surface area contributed by atoms with Crippen molar-refractivity contribution >= 4 is 23.5 Å². The zero-order chi connectivity index (χ0) is 16.3. The molecule has 1 aromatic carbocycles. The van der Waals surface area contributed by atoms with Gasteiger partial charge in [0.1, 0.15) is 0 Å². The molecule has 0 saturated heterocycles. The zero-order valence-electron chi connectivity index (χ0n) is 12.7. The number of carboxylic acid groups (broad SMARTS) is 1. The topological polar surface area (TPSA) is 86.7 Å². The monoisotopic (exact) mass is 304 g/mol. The summed E-state index contributed by atoms with van der Waals surface area (Å²) in [7, 11) is 3.33. The fourth-order valence-corrected chi connectivity index (χ4v) is 2.68. The number of hydrogen-bond donors (Lipinski definition) is 2. The summed E-state index contributed by atoms with van der Waals surface area (Å²) in [5, 5.41) is 11.8. The average Bonchev–Trinajstić information content (AvgIpc) is 2.96. The molecule has 2 atom stereocenters. The standard InChI is InChI=1S/C16H20N2O4/c1-18(2)15(20)11-4-3-5-13(9-11)17-14(19)10-6-7-12(8-10)16(21)22/h3-5,9-10,12H,6-8H2,1-2H3,(H,17,19)(H,21,22)/t10-,12+/m1/s1. The first-order chi connectivity index (χ1) is 10.4. The van der Waals surface area contributed by atoms with Gasteiger partial charge in [0.25, 0.3) is 5.91 Å². The van der Waals surface area contributed by atoms with Gasteiger partial charge in [-0.3, -0.25) is 14.4 Å². The van der Waals surface area contributed by atoms with Crippen LogP contribution in [0.25, 0.3) is 0 Å². The van der Waals surface area contributed by atoms with Crippen LogP contribution in [-0.2, 0) is 9.59 Å². The Morgan fingerprint density at radius 3 is 2.45 bits per heavy atom. The summed E-state index contributed by atoms with van der Waals surface area (Å²) in [4.78, 5) is 36.5. The lowest BCUT2D eigenvalue weighted by molar-refractivity contribution is -0.141. The molecule has 0 unspecified atom stereocenters. The molecule has 0 spiro atoms. The van der Waals surface area contributed by atoms with E-state index in [1.165, 1.54) is 4.90 Å². The fourth-order valence-electron chi connectivity index (χ4n) is 2.68. The first-order valence-electron chi connectivity index (χ1n) is 7.24. The van der Waals surface area contributed by atoms with Gasteiger partial charge in [0.2, 0.25) is 5.91 Å². The molecule has 1 aliphatic carbocycles. The minimum Gasteiger partial charge on any atom is -0.481 e. The summed E-state index contributed by atoms with van der Waals surface area (Å²) in [6.45, 7) is 0. The summed E-state index contributed by atoms with van der Waals surface area (Å²) in [5.74, 6) is -1.87. The fraction of sp³-hybridized carbons (Fsp3) is 0.438. The molecule has 2 N–H and O–H groups in total. The first-order valence-corrected chi connectivity index (χ1v) is 7.24. The van der Waals surface area contributed by atoms with Crippen LogP contribution < -0.4 is 5.32 Å². The van der Waals surface area contributed by atoms with Gasteiger partial charge in [-0.2, -0.15) is 0 Å². The van der Waals surface area contributed by atoms with Crippen LogP contribution in [0.1, 0.15) is 29.6 Å². The minimum atomic E-state index is -0.839. The molecular formula is C16H20N2O4. The highest BCUT2D eigenvalue weighted by atomic mass is 16.4. The molecule has 0 aliphatic heterocycles. The van der Waals surface area contributed by atoms with Gasteiger partial charge in [-0.15, -0.1) is 0 Å². The van der Waals surface area contributed by atoms with Crippen molar-refractivity contribution < 1.29 is 19.5 Å². The average molecular weight is 304 g/mol. The van der Waals surface area contributed by atoms with Crippen LogP contribution in [0.5, 0.6) is 0 Å². The van der Waals surface area contributed by atoms with Gasteiger partial charge in [0.05, 0.1) is 5.92 Å². The van der Waals surface area contributed by atoms with E-state index in [0.717, 1.165) is 0 Å². The molecular weight excluding hydrogens is 284 g/mol. The van der Waals surface area contributed by atoms with Crippen molar-refractivity contribution in [1.82, 2.24) is 4.90 Å². The van der Waals surface area contributed by atoms with Gasteiger partial charge in [0.15, 0.2) is 0 Å². The zero-order valence-corrected chi connectivity index (χ0v) is 12.7. The van der Waals surface area contributed by atoms with Gasteiger partial charge in [0, 0.05) is 31.3 Å². The van der Waals surface area contributed by atoms with Crippen molar-refractivity contribution in [2.24, 2.45) is 11.8 Å². The molecule has 2 rings (SSSR count). The van der Waals surface area contributed by atoms with Gasteiger partial charge in [-0.05, 0) is 37.5 Å². The number of rotatable bonds is 4. The number of nitrogens with zero attached hydrogens (tertiary/aromatic N) is 1. The van der Waals surface area contributed by atoms with Crippen molar-refractivity contribution in [2.75, 3.05) is 19.4 Å². The highest BCUT2D eigenvalue weighted by Crippen LogP contribution is 2.31. The van der Waals surface area contributed by atoms with E-state index in [9.17, 15) is 14.4 Å². The minimum absolute atomic E-state index is 0.136. The lowest BCUT2D eigenvalue weighted by Gasteiger charge is -2.13. The molecule has 6 heteroatoms. The first kappa shape index (κ1) is 16.0. The van der Waals surface area contributed by atoms with Crippen LogP contribution in [0.3, 0.4) is 0 Å². The van der Waals surface area contributed by atoms with Crippen LogP contribution in [-0.4, -0.2) is 41.9 Å². The second kappa shape index (κ2) is 6.60. The third-order valence-electron chi connectivity index (χ3n) is 3.94. The maximum Gasteiger partial charge on any atom is 0.306 e. The Balaban J connectivity index is 2.02. The summed E-state index contributed by atoms with van der Waals surface area (Å²) >= 11 is 0. The summed E-state index contributed by atoms with van der Waals surface area (Å²) in [6.07, 6.45) is 1.49. The number of aliphatic carboxylic acids is 1. The number of nitrogens with one attached hydrogen (secondary N) is 1. The van der Waals surface area contributed by atoms with E-state index in [0.29, 0.717) is 30.5 Å². The van der Waals surface area contributed by atoms with Gasteiger partial charge < -0.3 is 15.3 Å². The van der Waals surface area contributed by atoms with Crippen molar-refractivity contribution in [3.8, 4) is 0 Å². The Morgan fingerprint density at radius 1 is 1.18 bits per heavy atom. The number of hydrogen-bond acceptors (Lipinski definition) is 3. The largest absolute Gasteiger partial charge is 0.481 e. The van der Waals surface area contributed by atoms with E-state index in [1.54, 1.807) is 38.4 Å². The number of carbonyl (C=O) groups is 3. The Morgan fingerprint density at radius 2 is 1.86 bits per heavy atom. The van der Waals surface area contributed by atoms with Gasteiger partial charge >= 0.3 is 5.97 Å². The summed E-state index contributed by atoms with van der Waals surface area (Å²) in [6, 6.07) is 6.74. The molecule has 22 heavy (non-hydrogen) atoms. The van der Waals surface area contributed by atoms with E-state index in [2.05, 4.69) is 5.32 Å². The lowest BCUT2D eigenvalue weighted by atomic mass is 10.0. The highest BCUT2D eigenvalue weighted by molar-refractivity contribution is 5.97. The maximum absolute atomic E-state index is 12.2. The Hall–Kier alpha value is -2.37. The molecule has 1 saturated carbocycles. The Labute approximate surface area is 129 Å². The van der Waals surface area contributed by atoms with E-state index in [1.807, 2.05) is 0 Å². The molecule has 1 fully saturated rings. The van der Waals surface area contributed by atoms with Gasteiger partial charge in [-0.1, -0.05) is 6.07 Å². The van der Waals surface area contributed by atoms with Crippen molar-refractivity contribution in [3.05, 3.63) is 29.8 Å². The highest BCUT2D eigenvalue weighted by Gasteiger charge is 2.33. The molecule has 0 aromatic heterocycles. The Bertz CT molecular complexity index is 598. The molecule has 2 amide bonds. The van der Waals surface area contributed by atoms with Crippen LogP contribution in [0, 0.1) is 11.8 Å². The SMILES string of the molecule is CN(C)C(=O)c1cccc(NC(=O)[C@@H]2CC[C@H](C(=O)O)C2)c1. The summed E-state index contributed by atoms with van der Waals surface area (Å²) in [5.41, 5.74) is 1.05. The number of anilines is 1. The molecule has 0 bridgehead atoms. The lowest BCUT2D eigenvalue weighted by Crippen LogP contribution is -2.23. The third kappa shape index (κ3) is 3.63. The van der Waals surface area contributed by atoms with Crippen LogP contribution in [0.15, 0.2) is 24.3 Å². The second-order valence-corrected chi connectivity index (χ2v) is 5.81. The van der Waals surface area contributed by atoms with Crippen LogP contribution in [0.4, 0.5) is 5.69 Å². The van der Waals surface area contributed by atoms with E-state index >= 15 is 0 Å². The number of carbonyl (C=O) groups excluding carboxylic acids is 2. The molecule has 1 aliphatic rings. The van der Waals surface area contributed by atoms with Crippen LogP contribution >= 0.6 is 0 Å². The van der Waals surface area contributed by atoms with Crippen molar-refractivity contribution in [2.45, 2.75) is 19.3 Å². The predicted octanol–water partition coefficient (Wildman–Crippen LogP) is 1.83. The summed E-state index contributed by atoms with van der Waals surface area (Å²) < 4.78 is 0. The predicted molar refractivity (Wildman–Crippen MR) is 81.6 cm³/mol. The smallest absolute Gasteiger partial charge is 0.306 e. The number of benzene rings is 1. The quantitative estimate of drug-likeness (QED) is 0.888. The number of amides is 2. The molecule has 0 heterocycles. The molecule has 118 valence electrons. The van der Waals surface area contributed by atoms with E-state index < -0.39 is 11.9 Å². The Kier molecular flexibility index (Phi) is 4.80. The van der Waals surface area contributed by atoms with Crippen molar-refractivity contribution in [1.29, 1.82) is 0 Å². The third-order valence-corrected chi connectivity index (χ3v) is 3.94. The normalized spacial score (nSPS) is 20.5. The maximum atomic E-state index is 12.2. The van der Waals surface area contributed by atoms with E-state index in [4.69, 9.17) is 5.11 Å². The molecule has 0 radical (unpaired) electrons.